The first-order chi connectivity index (χ1) is 7.31. The fourth-order valence-corrected chi connectivity index (χ4v) is 1.33. The van der Waals surface area contributed by atoms with Gasteiger partial charge in [0.1, 0.15) is 0 Å². The molecule has 76 valence electrons. The number of hydrazone groups is 1. The number of hydrogen-bond acceptors (Lipinski definition) is 2. The first-order valence-corrected chi connectivity index (χ1v) is 4.63. The molecule has 0 fully saturated rings. The van der Waals surface area contributed by atoms with Gasteiger partial charge in [-0.05, 0) is 11.6 Å². The highest BCUT2D eigenvalue weighted by atomic mass is 16.2. The Morgan fingerprint density at radius 3 is 2.80 bits per heavy atom. The van der Waals surface area contributed by atoms with Crippen LogP contribution in [0, 0.1) is 0 Å². The molecule has 2 amide bonds. The summed E-state index contributed by atoms with van der Waals surface area (Å²) >= 11 is 0. The fourth-order valence-electron chi connectivity index (χ4n) is 1.33. The van der Waals surface area contributed by atoms with Crippen LogP contribution in [-0.2, 0) is 0 Å². The van der Waals surface area contributed by atoms with Crippen molar-refractivity contribution in [3.8, 4) is 0 Å². The van der Waals surface area contributed by atoms with Crippen molar-refractivity contribution in [3.05, 3.63) is 41.6 Å². The van der Waals surface area contributed by atoms with E-state index in [4.69, 9.17) is 0 Å². The summed E-state index contributed by atoms with van der Waals surface area (Å²) in [7, 11) is 1.57. The van der Waals surface area contributed by atoms with Crippen molar-refractivity contribution in [2.75, 3.05) is 7.05 Å². The predicted molar refractivity (Wildman–Crippen MR) is 59.4 cm³/mol. The van der Waals surface area contributed by atoms with Gasteiger partial charge in [-0.1, -0.05) is 24.3 Å². The van der Waals surface area contributed by atoms with Gasteiger partial charge in [-0.3, -0.25) is 0 Å². The number of carbonyl (C=O) groups is 1. The number of fused-ring (bicyclic) bond motifs is 1. The average Bonchev–Trinajstić information content (AvgIpc) is 2.50. The van der Waals surface area contributed by atoms with Crippen LogP contribution in [0.5, 0.6) is 0 Å². The highest BCUT2D eigenvalue weighted by Crippen LogP contribution is 2.12. The topological polar surface area (TPSA) is 44.7 Å². The van der Waals surface area contributed by atoms with Gasteiger partial charge in [-0.25, -0.2) is 4.79 Å². The van der Waals surface area contributed by atoms with E-state index in [1.165, 1.54) is 5.01 Å². The number of amides is 2. The normalized spacial score (nSPS) is 13.3. The van der Waals surface area contributed by atoms with Crippen LogP contribution in [-0.4, -0.2) is 24.3 Å². The highest BCUT2D eigenvalue weighted by Gasteiger charge is 2.08. The number of benzene rings is 1. The van der Waals surface area contributed by atoms with E-state index >= 15 is 0 Å². The number of rotatable bonds is 0. The van der Waals surface area contributed by atoms with Crippen LogP contribution in [0.4, 0.5) is 4.79 Å². The van der Waals surface area contributed by atoms with E-state index in [9.17, 15) is 4.79 Å². The minimum atomic E-state index is -0.254. The smallest absolute Gasteiger partial charge is 0.339 e. The first kappa shape index (κ1) is 9.45. The summed E-state index contributed by atoms with van der Waals surface area (Å²) in [6, 6.07) is 7.57. The molecule has 1 aromatic carbocycles. The van der Waals surface area contributed by atoms with Crippen molar-refractivity contribution in [3.63, 3.8) is 0 Å². The molecule has 15 heavy (non-hydrogen) atoms. The summed E-state index contributed by atoms with van der Waals surface area (Å²) < 4.78 is 0. The third kappa shape index (κ3) is 1.88. The van der Waals surface area contributed by atoms with Gasteiger partial charge in [-0.2, -0.15) is 10.1 Å². The van der Waals surface area contributed by atoms with Crippen LogP contribution in [0.15, 0.2) is 35.6 Å². The minimum absolute atomic E-state index is 0.254. The van der Waals surface area contributed by atoms with Gasteiger partial charge in [0.15, 0.2) is 0 Å². The zero-order valence-electron chi connectivity index (χ0n) is 8.34. The van der Waals surface area contributed by atoms with Crippen molar-refractivity contribution in [1.82, 2.24) is 10.3 Å². The SMILES string of the molecule is CNC(=O)N1C=Cc2ccccc2C=N1. The molecule has 4 heteroatoms. The molecule has 2 rings (SSSR count). The Labute approximate surface area is 87.9 Å². The quantitative estimate of drug-likeness (QED) is 0.681. The second-order valence-corrected chi connectivity index (χ2v) is 3.09. The monoisotopic (exact) mass is 201 g/mol. The van der Waals surface area contributed by atoms with Gasteiger partial charge in [0.25, 0.3) is 0 Å². The Balaban J connectivity index is 2.34. The third-order valence-electron chi connectivity index (χ3n) is 2.13. The molecule has 0 atom stereocenters. The summed E-state index contributed by atoms with van der Waals surface area (Å²) in [5.74, 6) is 0. The van der Waals surface area contributed by atoms with Crippen molar-refractivity contribution in [2.24, 2.45) is 5.10 Å². The third-order valence-corrected chi connectivity index (χ3v) is 2.13. The van der Waals surface area contributed by atoms with Gasteiger partial charge in [-0.15, -0.1) is 0 Å². The Morgan fingerprint density at radius 1 is 1.33 bits per heavy atom. The molecule has 1 aliphatic heterocycles. The standard InChI is InChI=1S/C11H11N3O/c1-12-11(15)14-7-6-9-4-2-3-5-10(9)8-13-14/h2-8H,1H3,(H,12,15). The van der Waals surface area contributed by atoms with Gasteiger partial charge in [0, 0.05) is 18.8 Å². The van der Waals surface area contributed by atoms with E-state index in [1.807, 2.05) is 30.3 Å². The molecule has 1 aliphatic rings. The maximum Gasteiger partial charge on any atom is 0.341 e. The number of hydrogen-bond donors (Lipinski definition) is 1. The van der Waals surface area contributed by atoms with E-state index in [-0.39, 0.29) is 6.03 Å². The molecular formula is C11H11N3O. The van der Waals surface area contributed by atoms with Crippen molar-refractivity contribution < 1.29 is 4.79 Å². The summed E-state index contributed by atoms with van der Waals surface area (Å²) in [5.41, 5.74) is 2.05. The fraction of sp³-hybridized carbons (Fsp3) is 0.0909. The predicted octanol–water partition coefficient (Wildman–Crippen LogP) is 1.65. The van der Waals surface area contributed by atoms with Gasteiger partial charge in [0.05, 0.1) is 6.21 Å². The van der Waals surface area contributed by atoms with E-state index < -0.39 is 0 Å². The van der Waals surface area contributed by atoms with E-state index in [1.54, 1.807) is 19.5 Å². The van der Waals surface area contributed by atoms with E-state index in [2.05, 4.69) is 10.4 Å². The molecule has 4 nitrogen and oxygen atoms in total. The van der Waals surface area contributed by atoms with Crippen molar-refractivity contribution in [1.29, 1.82) is 0 Å². The Bertz CT molecular complexity index is 404. The van der Waals surface area contributed by atoms with Crippen LogP contribution in [0.3, 0.4) is 0 Å². The zero-order valence-corrected chi connectivity index (χ0v) is 8.34. The molecule has 0 saturated carbocycles. The lowest BCUT2D eigenvalue weighted by molar-refractivity contribution is 0.219. The molecular weight excluding hydrogens is 190 g/mol. The molecule has 0 unspecified atom stereocenters. The minimum Gasteiger partial charge on any atom is -0.339 e. The lowest BCUT2D eigenvalue weighted by atomic mass is 10.1. The Hall–Kier alpha value is -2.10. The second-order valence-electron chi connectivity index (χ2n) is 3.09. The number of nitrogens with zero attached hydrogens (tertiary/aromatic N) is 2. The van der Waals surface area contributed by atoms with Crippen molar-refractivity contribution >= 4 is 18.3 Å². The maximum absolute atomic E-state index is 11.3. The van der Waals surface area contributed by atoms with Gasteiger partial charge >= 0.3 is 6.03 Å². The first-order valence-electron chi connectivity index (χ1n) is 4.63. The number of urea groups is 1. The molecule has 1 aromatic rings. The van der Waals surface area contributed by atoms with Crippen molar-refractivity contribution in [2.45, 2.75) is 0 Å². The van der Waals surface area contributed by atoms with Crippen LogP contribution in [0.2, 0.25) is 0 Å². The Morgan fingerprint density at radius 2 is 2.07 bits per heavy atom. The van der Waals surface area contributed by atoms with E-state index in [0.29, 0.717) is 0 Å². The number of carbonyl (C=O) groups excluding carboxylic acids is 1. The van der Waals surface area contributed by atoms with Crippen LogP contribution < -0.4 is 5.32 Å². The summed E-state index contributed by atoms with van der Waals surface area (Å²) in [6.45, 7) is 0. The Kier molecular flexibility index (Phi) is 2.49. The summed E-state index contributed by atoms with van der Waals surface area (Å²) in [5, 5.41) is 7.82. The summed E-state index contributed by atoms with van der Waals surface area (Å²) in [6.07, 6.45) is 5.17. The molecule has 0 saturated heterocycles. The van der Waals surface area contributed by atoms with Crippen LogP contribution in [0.1, 0.15) is 11.1 Å². The molecule has 0 aromatic heterocycles. The molecule has 0 bridgehead atoms. The average molecular weight is 201 g/mol. The number of nitrogens with one attached hydrogen (secondary N) is 1. The van der Waals surface area contributed by atoms with Crippen LogP contribution >= 0.6 is 0 Å². The maximum atomic E-state index is 11.3. The van der Waals surface area contributed by atoms with Crippen LogP contribution in [0.25, 0.3) is 6.08 Å². The molecule has 0 spiro atoms. The summed E-state index contributed by atoms with van der Waals surface area (Å²) in [4.78, 5) is 11.3. The lowest BCUT2D eigenvalue weighted by Crippen LogP contribution is -2.29. The van der Waals surface area contributed by atoms with Gasteiger partial charge in [0.2, 0.25) is 0 Å². The molecule has 0 aliphatic carbocycles. The largest absolute Gasteiger partial charge is 0.341 e. The highest BCUT2D eigenvalue weighted by molar-refractivity contribution is 5.88. The molecule has 1 N–H and O–H groups in total. The van der Waals surface area contributed by atoms with E-state index in [0.717, 1.165) is 11.1 Å². The lowest BCUT2D eigenvalue weighted by Gasteiger charge is -2.08. The molecule has 0 radical (unpaired) electrons. The zero-order chi connectivity index (χ0) is 10.7. The second kappa shape index (κ2) is 3.96. The molecule has 1 heterocycles. The van der Waals surface area contributed by atoms with Gasteiger partial charge < -0.3 is 5.32 Å².